The van der Waals surface area contributed by atoms with Crippen molar-refractivity contribution < 1.29 is 14.3 Å². The summed E-state index contributed by atoms with van der Waals surface area (Å²) >= 11 is 5.81. The van der Waals surface area contributed by atoms with Gasteiger partial charge in [-0.2, -0.15) is 0 Å². The summed E-state index contributed by atoms with van der Waals surface area (Å²) < 4.78 is 4.97. The van der Waals surface area contributed by atoms with Crippen LogP contribution < -0.4 is 5.32 Å². The molecule has 2 rings (SSSR count). The molecule has 0 fully saturated rings. The number of hydrogen-bond acceptors (Lipinski definition) is 3. The summed E-state index contributed by atoms with van der Waals surface area (Å²) in [5.74, 6) is -0.717. The van der Waals surface area contributed by atoms with Crippen LogP contribution in [-0.2, 0) is 9.53 Å². The fraction of sp³-hybridized carbons (Fsp3) is 0.222. The molecule has 0 radical (unpaired) electrons. The first-order chi connectivity index (χ1) is 11.1. The van der Waals surface area contributed by atoms with Gasteiger partial charge >= 0.3 is 5.97 Å². The van der Waals surface area contributed by atoms with Crippen molar-refractivity contribution in [2.45, 2.75) is 12.8 Å². The zero-order valence-corrected chi connectivity index (χ0v) is 13.5. The molecule has 0 spiro atoms. The molecule has 2 aromatic rings. The molecule has 1 amide bonds. The SMILES string of the molecule is C[C@H](CNC(=O)COC(=O)c1cccc(Cl)c1)c1ccccc1. The summed E-state index contributed by atoms with van der Waals surface area (Å²) in [7, 11) is 0. The van der Waals surface area contributed by atoms with Gasteiger partial charge < -0.3 is 10.1 Å². The van der Waals surface area contributed by atoms with Gasteiger partial charge in [0.1, 0.15) is 0 Å². The number of esters is 1. The Bertz CT molecular complexity index is 673. The van der Waals surface area contributed by atoms with Gasteiger partial charge in [-0.1, -0.05) is 54.9 Å². The van der Waals surface area contributed by atoms with E-state index in [1.165, 1.54) is 6.07 Å². The van der Waals surface area contributed by atoms with E-state index in [1.807, 2.05) is 37.3 Å². The molecule has 0 aromatic heterocycles. The van der Waals surface area contributed by atoms with E-state index < -0.39 is 5.97 Å². The number of hydrogen-bond donors (Lipinski definition) is 1. The first-order valence-corrected chi connectivity index (χ1v) is 7.68. The number of amides is 1. The molecule has 0 aliphatic carbocycles. The average Bonchev–Trinajstić information content (AvgIpc) is 2.58. The van der Waals surface area contributed by atoms with Crippen molar-refractivity contribution in [1.29, 1.82) is 0 Å². The minimum absolute atomic E-state index is 0.184. The van der Waals surface area contributed by atoms with Crippen molar-refractivity contribution in [3.05, 3.63) is 70.7 Å². The van der Waals surface area contributed by atoms with Crippen LogP contribution in [0.1, 0.15) is 28.8 Å². The fourth-order valence-electron chi connectivity index (χ4n) is 2.05. The Hall–Kier alpha value is -2.33. The predicted octanol–water partition coefficient (Wildman–Crippen LogP) is 3.42. The summed E-state index contributed by atoms with van der Waals surface area (Å²) in [4.78, 5) is 23.6. The molecule has 0 aliphatic heterocycles. The minimum atomic E-state index is -0.571. The Morgan fingerprint density at radius 2 is 1.87 bits per heavy atom. The highest BCUT2D eigenvalue weighted by molar-refractivity contribution is 6.30. The van der Waals surface area contributed by atoms with Gasteiger partial charge in [0.25, 0.3) is 5.91 Å². The number of nitrogens with one attached hydrogen (secondary N) is 1. The van der Waals surface area contributed by atoms with E-state index in [1.54, 1.807) is 18.2 Å². The lowest BCUT2D eigenvalue weighted by atomic mass is 10.0. The molecule has 1 atom stereocenters. The van der Waals surface area contributed by atoms with Crippen LogP contribution >= 0.6 is 11.6 Å². The Morgan fingerprint density at radius 1 is 1.13 bits per heavy atom. The van der Waals surface area contributed by atoms with Crippen LogP contribution in [0.25, 0.3) is 0 Å². The normalized spacial score (nSPS) is 11.6. The summed E-state index contributed by atoms with van der Waals surface area (Å²) in [6, 6.07) is 16.3. The van der Waals surface area contributed by atoms with Crippen molar-refractivity contribution in [2.75, 3.05) is 13.2 Å². The van der Waals surface area contributed by atoms with Gasteiger partial charge in [0.2, 0.25) is 0 Å². The van der Waals surface area contributed by atoms with E-state index in [2.05, 4.69) is 5.32 Å². The van der Waals surface area contributed by atoms with Gasteiger partial charge in [-0.15, -0.1) is 0 Å². The monoisotopic (exact) mass is 331 g/mol. The average molecular weight is 332 g/mol. The summed E-state index contributed by atoms with van der Waals surface area (Å²) in [5, 5.41) is 3.20. The topological polar surface area (TPSA) is 55.4 Å². The first kappa shape index (κ1) is 17.0. The molecule has 120 valence electrons. The maximum absolute atomic E-state index is 11.8. The summed E-state index contributed by atoms with van der Waals surface area (Å²) in [5.41, 5.74) is 1.46. The smallest absolute Gasteiger partial charge is 0.338 e. The highest BCUT2D eigenvalue weighted by Gasteiger charge is 2.12. The van der Waals surface area contributed by atoms with Gasteiger partial charge in [-0.3, -0.25) is 4.79 Å². The van der Waals surface area contributed by atoms with Crippen LogP contribution in [0.2, 0.25) is 5.02 Å². The fourth-order valence-corrected chi connectivity index (χ4v) is 2.24. The zero-order valence-electron chi connectivity index (χ0n) is 12.8. The van der Waals surface area contributed by atoms with Crippen LogP contribution in [-0.4, -0.2) is 25.0 Å². The highest BCUT2D eigenvalue weighted by atomic mass is 35.5. The molecule has 1 N–H and O–H groups in total. The largest absolute Gasteiger partial charge is 0.452 e. The van der Waals surface area contributed by atoms with Crippen LogP contribution in [0.3, 0.4) is 0 Å². The third kappa shape index (κ3) is 5.42. The van der Waals surface area contributed by atoms with Crippen LogP contribution in [0.15, 0.2) is 54.6 Å². The van der Waals surface area contributed by atoms with E-state index in [0.717, 1.165) is 5.56 Å². The van der Waals surface area contributed by atoms with Gasteiger partial charge in [0.15, 0.2) is 6.61 Å². The second kappa shape index (κ2) is 8.34. The van der Waals surface area contributed by atoms with E-state index in [0.29, 0.717) is 17.1 Å². The quantitative estimate of drug-likeness (QED) is 0.825. The first-order valence-electron chi connectivity index (χ1n) is 7.30. The Morgan fingerprint density at radius 3 is 2.57 bits per heavy atom. The number of carbonyl (C=O) groups is 2. The second-order valence-electron chi connectivity index (χ2n) is 5.20. The molecule has 0 heterocycles. The molecular weight excluding hydrogens is 314 g/mol. The molecule has 0 saturated heterocycles. The Labute approximate surface area is 140 Å². The second-order valence-corrected chi connectivity index (χ2v) is 5.64. The van der Waals surface area contributed by atoms with Gasteiger partial charge in [-0.25, -0.2) is 4.79 Å². The van der Waals surface area contributed by atoms with Crippen LogP contribution in [0.5, 0.6) is 0 Å². The number of carbonyl (C=O) groups excluding carboxylic acids is 2. The molecule has 5 heteroatoms. The van der Waals surface area contributed by atoms with Crippen molar-refractivity contribution in [2.24, 2.45) is 0 Å². The van der Waals surface area contributed by atoms with Crippen molar-refractivity contribution in [1.82, 2.24) is 5.32 Å². The summed E-state index contributed by atoms with van der Waals surface area (Å²) in [6.07, 6.45) is 0. The van der Waals surface area contributed by atoms with Gasteiger partial charge in [0.05, 0.1) is 5.56 Å². The lowest BCUT2D eigenvalue weighted by molar-refractivity contribution is -0.124. The maximum atomic E-state index is 11.8. The molecule has 0 bridgehead atoms. The molecule has 4 nitrogen and oxygen atoms in total. The zero-order chi connectivity index (χ0) is 16.7. The molecule has 0 aliphatic rings. The third-order valence-electron chi connectivity index (χ3n) is 3.37. The Balaban J connectivity index is 1.76. The summed E-state index contributed by atoms with van der Waals surface area (Å²) in [6.45, 7) is 2.19. The number of rotatable bonds is 6. The van der Waals surface area contributed by atoms with Crippen LogP contribution in [0, 0.1) is 0 Å². The predicted molar refractivity (Wildman–Crippen MR) is 89.6 cm³/mol. The number of halogens is 1. The maximum Gasteiger partial charge on any atom is 0.338 e. The molecule has 0 saturated carbocycles. The van der Waals surface area contributed by atoms with Crippen molar-refractivity contribution in [3.63, 3.8) is 0 Å². The van der Waals surface area contributed by atoms with E-state index in [-0.39, 0.29) is 18.4 Å². The number of ether oxygens (including phenoxy) is 1. The lowest BCUT2D eigenvalue weighted by Crippen LogP contribution is -2.31. The van der Waals surface area contributed by atoms with E-state index in [4.69, 9.17) is 16.3 Å². The molecule has 0 unspecified atom stereocenters. The molecule has 2 aromatic carbocycles. The minimum Gasteiger partial charge on any atom is -0.452 e. The Kier molecular flexibility index (Phi) is 6.18. The third-order valence-corrected chi connectivity index (χ3v) is 3.60. The number of benzene rings is 2. The lowest BCUT2D eigenvalue weighted by Gasteiger charge is -2.13. The molecular formula is C18H18ClNO3. The molecule has 23 heavy (non-hydrogen) atoms. The van der Waals surface area contributed by atoms with Crippen molar-refractivity contribution >= 4 is 23.5 Å². The van der Waals surface area contributed by atoms with Crippen molar-refractivity contribution in [3.8, 4) is 0 Å². The van der Waals surface area contributed by atoms with E-state index >= 15 is 0 Å². The highest BCUT2D eigenvalue weighted by Crippen LogP contribution is 2.13. The van der Waals surface area contributed by atoms with Gasteiger partial charge in [0, 0.05) is 11.6 Å². The van der Waals surface area contributed by atoms with E-state index in [9.17, 15) is 9.59 Å². The van der Waals surface area contributed by atoms with Gasteiger partial charge in [-0.05, 0) is 29.7 Å². The van der Waals surface area contributed by atoms with Crippen LogP contribution in [0.4, 0.5) is 0 Å². The standard InChI is InChI=1S/C18H18ClNO3/c1-13(14-6-3-2-4-7-14)11-20-17(21)12-23-18(22)15-8-5-9-16(19)10-15/h2-10,13H,11-12H2,1H3,(H,20,21)/t13-/m1/s1.